The molecule has 1 aromatic carbocycles. The van der Waals surface area contributed by atoms with Crippen molar-refractivity contribution in [2.45, 2.75) is 26.2 Å². The van der Waals surface area contributed by atoms with Crippen LogP contribution in [0.5, 0.6) is 5.75 Å². The van der Waals surface area contributed by atoms with Crippen molar-refractivity contribution in [1.29, 1.82) is 0 Å². The summed E-state index contributed by atoms with van der Waals surface area (Å²) in [5, 5.41) is 0. The molecule has 1 saturated heterocycles. The van der Waals surface area contributed by atoms with Gasteiger partial charge in [-0.05, 0) is 36.1 Å². The zero-order valence-corrected chi connectivity index (χ0v) is 11.7. The number of benzene rings is 1. The Kier molecular flexibility index (Phi) is 3.39. The van der Waals surface area contributed by atoms with Gasteiger partial charge in [0, 0.05) is 5.41 Å². The zero-order chi connectivity index (χ0) is 13.4. The van der Waals surface area contributed by atoms with Crippen LogP contribution in [0, 0.1) is 12.3 Å². The van der Waals surface area contributed by atoms with Gasteiger partial charge in [-0.2, -0.15) is 0 Å². The van der Waals surface area contributed by atoms with Crippen molar-refractivity contribution in [1.82, 2.24) is 0 Å². The molecule has 1 fully saturated rings. The van der Waals surface area contributed by atoms with E-state index in [1.807, 2.05) is 6.07 Å². The van der Waals surface area contributed by atoms with Crippen molar-refractivity contribution in [2.75, 3.05) is 26.9 Å². The number of aryl methyl sites for hydroxylation is 1. The molecule has 2 rings (SSSR count). The molecule has 0 amide bonds. The molecular weight excluding hydrogens is 226 g/mol. The van der Waals surface area contributed by atoms with E-state index in [2.05, 4.69) is 32.9 Å². The molecular formula is C15H23NO2. The highest BCUT2D eigenvalue weighted by Crippen LogP contribution is 2.47. The molecule has 1 aliphatic heterocycles. The van der Waals surface area contributed by atoms with E-state index < -0.39 is 0 Å². The van der Waals surface area contributed by atoms with E-state index in [-0.39, 0.29) is 10.8 Å². The summed E-state index contributed by atoms with van der Waals surface area (Å²) in [5.74, 6) is 0.930. The fraction of sp³-hybridized carbons (Fsp3) is 0.600. The average molecular weight is 249 g/mol. The van der Waals surface area contributed by atoms with Crippen LogP contribution in [0.15, 0.2) is 18.2 Å². The van der Waals surface area contributed by atoms with E-state index in [9.17, 15) is 0 Å². The molecule has 18 heavy (non-hydrogen) atoms. The lowest BCUT2D eigenvalue weighted by atomic mass is 9.60. The second-order valence-electron chi connectivity index (χ2n) is 5.85. The molecule has 0 radical (unpaired) electrons. The van der Waals surface area contributed by atoms with Gasteiger partial charge < -0.3 is 15.2 Å². The number of nitrogens with two attached hydrogens (primary N) is 1. The van der Waals surface area contributed by atoms with Crippen LogP contribution in [-0.4, -0.2) is 26.9 Å². The number of hydrogen-bond acceptors (Lipinski definition) is 3. The van der Waals surface area contributed by atoms with Gasteiger partial charge in [0.25, 0.3) is 0 Å². The van der Waals surface area contributed by atoms with Crippen molar-refractivity contribution < 1.29 is 9.47 Å². The highest BCUT2D eigenvalue weighted by atomic mass is 16.5. The molecule has 0 aromatic heterocycles. The van der Waals surface area contributed by atoms with Gasteiger partial charge >= 0.3 is 0 Å². The largest absolute Gasteiger partial charge is 0.496 e. The molecule has 1 heterocycles. The van der Waals surface area contributed by atoms with E-state index in [0.29, 0.717) is 6.54 Å². The number of rotatable bonds is 4. The van der Waals surface area contributed by atoms with Gasteiger partial charge in [0.05, 0.1) is 20.3 Å². The van der Waals surface area contributed by atoms with E-state index in [1.54, 1.807) is 7.11 Å². The highest BCUT2D eigenvalue weighted by Gasteiger charge is 2.51. The van der Waals surface area contributed by atoms with Crippen LogP contribution in [0.25, 0.3) is 0 Å². The Morgan fingerprint density at radius 3 is 2.44 bits per heavy atom. The maximum absolute atomic E-state index is 5.95. The molecule has 0 spiro atoms. The first-order valence-corrected chi connectivity index (χ1v) is 6.40. The summed E-state index contributed by atoms with van der Waals surface area (Å²) in [7, 11) is 1.70. The highest BCUT2D eigenvalue weighted by molar-refractivity contribution is 5.41. The Bertz CT molecular complexity index is 436. The molecule has 0 unspecified atom stereocenters. The van der Waals surface area contributed by atoms with Gasteiger partial charge in [-0.1, -0.05) is 26.0 Å². The number of ether oxygens (including phenoxy) is 2. The van der Waals surface area contributed by atoms with Gasteiger partial charge in [-0.25, -0.2) is 0 Å². The van der Waals surface area contributed by atoms with E-state index in [0.717, 1.165) is 24.5 Å². The van der Waals surface area contributed by atoms with E-state index >= 15 is 0 Å². The zero-order valence-electron chi connectivity index (χ0n) is 11.7. The lowest BCUT2D eigenvalue weighted by Gasteiger charge is -2.52. The molecule has 0 saturated carbocycles. The fourth-order valence-corrected chi connectivity index (χ4v) is 2.63. The van der Waals surface area contributed by atoms with Crippen molar-refractivity contribution in [3.63, 3.8) is 0 Å². The molecule has 3 nitrogen and oxygen atoms in total. The average Bonchev–Trinajstić information content (AvgIpc) is 2.27. The predicted octanol–water partition coefficient (Wildman–Crippen LogP) is 2.26. The maximum atomic E-state index is 5.95. The molecule has 1 aromatic rings. The van der Waals surface area contributed by atoms with Crippen LogP contribution < -0.4 is 10.5 Å². The van der Waals surface area contributed by atoms with Gasteiger partial charge in [-0.3, -0.25) is 0 Å². The summed E-state index contributed by atoms with van der Waals surface area (Å²) < 4.78 is 10.8. The first-order chi connectivity index (χ1) is 8.47. The molecule has 0 bridgehead atoms. The lowest BCUT2D eigenvalue weighted by Crippen LogP contribution is -2.59. The van der Waals surface area contributed by atoms with Crippen LogP contribution >= 0.6 is 0 Å². The summed E-state index contributed by atoms with van der Waals surface area (Å²) in [4.78, 5) is 0. The van der Waals surface area contributed by atoms with Crippen LogP contribution in [0.4, 0.5) is 0 Å². The maximum Gasteiger partial charge on any atom is 0.121 e. The molecule has 2 N–H and O–H groups in total. The Morgan fingerprint density at radius 2 is 2.06 bits per heavy atom. The predicted molar refractivity (Wildman–Crippen MR) is 73.1 cm³/mol. The third kappa shape index (κ3) is 1.82. The Morgan fingerprint density at radius 1 is 1.39 bits per heavy atom. The van der Waals surface area contributed by atoms with Crippen molar-refractivity contribution in [3.8, 4) is 5.75 Å². The van der Waals surface area contributed by atoms with Gasteiger partial charge in [0.2, 0.25) is 0 Å². The van der Waals surface area contributed by atoms with Gasteiger partial charge in [0.15, 0.2) is 0 Å². The first-order valence-electron chi connectivity index (χ1n) is 6.40. The standard InChI is InChI=1S/C15H23NO2/c1-11-7-12(5-6-13(11)17-4)15(9-18-10-15)14(2,3)8-16/h5-7H,8-10,16H2,1-4H3. The molecule has 0 atom stereocenters. The normalized spacial score (nSPS) is 18.3. The summed E-state index contributed by atoms with van der Waals surface area (Å²) in [6, 6.07) is 6.39. The van der Waals surface area contributed by atoms with Crippen LogP contribution in [0.1, 0.15) is 25.0 Å². The summed E-state index contributed by atoms with van der Waals surface area (Å²) in [6.07, 6.45) is 0. The first kappa shape index (κ1) is 13.4. The number of hydrogen-bond donors (Lipinski definition) is 1. The van der Waals surface area contributed by atoms with Crippen LogP contribution in [-0.2, 0) is 10.2 Å². The second-order valence-corrected chi connectivity index (χ2v) is 5.85. The summed E-state index contributed by atoms with van der Waals surface area (Å²) in [6.45, 7) is 8.67. The molecule has 100 valence electrons. The van der Waals surface area contributed by atoms with Gasteiger partial charge in [-0.15, -0.1) is 0 Å². The summed E-state index contributed by atoms with van der Waals surface area (Å²) in [5.41, 5.74) is 8.50. The Labute approximate surface area is 109 Å². The van der Waals surface area contributed by atoms with Gasteiger partial charge in [0.1, 0.15) is 5.75 Å². The topological polar surface area (TPSA) is 44.5 Å². The number of methoxy groups -OCH3 is 1. The van der Waals surface area contributed by atoms with E-state index in [1.165, 1.54) is 5.56 Å². The van der Waals surface area contributed by atoms with Crippen molar-refractivity contribution in [2.24, 2.45) is 11.1 Å². The molecule has 0 aliphatic carbocycles. The molecule has 1 aliphatic rings. The fourth-order valence-electron chi connectivity index (χ4n) is 2.63. The van der Waals surface area contributed by atoms with Crippen molar-refractivity contribution in [3.05, 3.63) is 29.3 Å². The van der Waals surface area contributed by atoms with Crippen molar-refractivity contribution >= 4 is 0 Å². The van der Waals surface area contributed by atoms with E-state index in [4.69, 9.17) is 15.2 Å². The quantitative estimate of drug-likeness (QED) is 0.890. The second kappa shape index (κ2) is 4.56. The lowest BCUT2D eigenvalue weighted by molar-refractivity contribution is -0.116. The smallest absolute Gasteiger partial charge is 0.121 e. The minimum Gasteiger partial charge on any atom is -0.496 e. The third-order valence-electron chi connectivity index (χ3n) is 4.45. The summed E-state index contributed by atoms with van der Waals surface area (Å²) >= 11 is 0. The van der Waals surface area contributed by atoms with Crippen LogP contribution in [0.2, 0.25) is 0 Å². The Balaban J connectivity index is 2.43. The third-order valence-corrected chi connectivity index (χ3v) is 4.45. The minimum absolute atomic E-state index is 0.0340. The SMILES string of the molecule is COc1ccc(C2(C(C)(C)CN)COC2)cc1C. The monoisotopic (exact) mass is 249 g/mol. The minimum atomic E-state index is 0.0340. The molecule has 3 heteroatoms. The Hall–Kier alpha value is -1.06. The van der Waals surface area contributed by atoms with Crippen LogP contribution in [0.3, 0.4) is 0 Å².